The van der Waals surface area contributed by atoms with Crippen molar-refractivity contribution < 1.29 is 4.79 Å². The van der Waals surface area contributed by atoms with Crippen molar-refractivity contribution in [2.75, 3.05) is 0 Å². The number of hydrogen-bond donors (Lipinski definition) is 0. The lowest BCUT2D eigenvalue weighted by molar-refractivity contribution is 0.0968. The summed E-state index contributed by atoms with van der Waals surface area (Å²) in [5.41, 5.74) is 2.10. The molecule has 15 heavy (non-hydrogen) atoms. The van der Waals surface area contributed by atoms with Crippen LogP contribution in [0.5, 0.6) is 0 Å². The molecule has 0 unspecified atom stereocenters. The fourth-order valence-corrected chi connectivity index (χ4v) is 1.56. The average Bonchev–Trinajstić information content (AvgIpc) is 2.17. The van der Waals surface area contributed by atoms with Gasteiger partial charge in [-0.2, -0.15) is 0 Å². The van der Waals surface area contributed by atoms with E-state index in [1.54, 1.807) is 0 Å². The predicted octanol–water partition coefficient (Wildman–Crippen LogP) is 4.04. The monoisotopic (exact) mass is 204 g/mol. The van der Waals surface area contributed by atoms with Gasteiger partial charge in [0.2, 0.25) is 0 Å². The normalized spacial score (nSPS) is 11.1. The van der Waals surface area contributed by atoms with Crippen molar-refractivity contribution in [2.24, 2.45) is 5.92 Å². The standard InChI is InChI=1S/C14H20O/c1-10(2)8-14(15)13-7-5-6-12(9-13)11(3)4/h5-7,9-11H,8H2,1-4H3. The molecule has 0 heterocycles. The molecule has 0 spiro atoms. The Hall–Kier alpha value is -1.11. The zero-order valence-electron chi connectivity index (χ0n) is 10.1. The smallest absolute Gasteiger partial charge is 0.163 e. The number of carbonyl (C=O) groups is 1. The zero-order chi connectivity index (χ0) is 11.4. The largest absolute Gasteiger partial charge is 0.294 e. The highest BCUT2D eigenvalue weighted by molar-refractivity contribution is 5.96. The maximum absolute atomic E-state index is 11.8. The van der Waals surface area contributed by atoms with Gasteiger partial charge in [0.25, 0.3) is 0 Å². The first-order valence-electron chi connectivity index (χ1n) is 5.64. The van der Waals surface area contributed by atoms with E-state index in [-0.39, 0.29) is 5.78 Å². The van der Waals surface area contributed by atoms with Crippen LogP contribution in [0.4, 0.5) is 0 Å². The number of ketones is 1. The Labute approximate surface area is 92.5 Å². The molecule has 1 aromatic rings. The molecule has 1 heteroatoms. The van der Waals surface area contributed by atoms with E-state index in [1.165, 1.54) is 5.56 Å². The van der Waals surface area contributed by atoms with Gasteiger partial charge in [0, 0.05) is 12.0 Å². The Morgan fingerprint density at radius 3 is 2.40 bits per heavy atom. The third kappa shape index (κ3) is 3.50. The van der Waals surface area contributed by atoms with E-state index in [9.17, 15) is 4.79 Å². The quantitative estimate of drug-likeness (QED) is 0.676. The van der Waals surface area contributed by atoms with Crippen LogP contribution < -0.4 is 0 Å². The molecule has 0 amide bonds. The van der Waals surface area contributed by atoms with Crippen LogP contribution in [-0.4, -0.2) is 5.78 Å². The van der Waals surface area contributed by atoms with E-state index >= 15 is 0 Å². The van der Waals surface area contributed by atoms with E-state index in [4.69, 9.17) is 0 Å². The number of rotatable bonds is 4. The molecule has 0 aliphatic rings. The Balaban J connectivity index is 2.85. The molecule has 1 nitrogen and oxygen atoms in total. The highest BCUT2D eigenvalue weighted by atomic mass is 16.1. The summed E-state index contributed by atoms with van der Waals surface area (Å²) in [5, 5.41) is 0. The van der Waals surface area contributed by atoms with Crippen LogP contribution in [0, 0.1) is 5.92 Å². The Bertz CT molecular complexity index is 337. The lowest BCUT2D eigenvalue weighted by Gasteiger charge is -2.08. The molecular formula is C14H20O. The van der Waals surface area contributed by atoms with Gasteiger partial charge in [-0.1, -0.05) is 45.9 Å². The number of hydrogen-bond acceptors (Lipinski definition) is 1. The van der Waals surface area contributed by atoms with Crippen molar-refractivity contribution in [3.8, 4) is 0 Å². The first kappa shape index (κ1) is 12.0. The Morgan fingerprint density at radius 2 is 1.87 bits per heavy atom. The highest BCUT2D eigenvalue weighted by Crippen LogP contribution is 2.17. The van der Waals surface area contributed by atoms with Gasteiger partial charge in [-0.15, -0.1) is 0 Å². The van der Waals surface area contributed by atoms with Crippen LogP contribution in [-0.2, 0) is 0 Å². The summed E-state index contributed by atoms with van der Waals surface area (Å²) in [6.45, 7) is 8.44. The van der Waals surface area contributed by atoms with E-state index in [2.05, 4.69) is 33.8 Å². The maximum Gasteiger partial charge on any atom is 0.163 e. The van der Waals surface area contributed by atoms with Crippen LogP contribution in [0.2, 0.25) is 0 Å². The summed E-state index contributed by atoms with van der Waals surface area (Å²) in [6, 6.07) is 7.99. The SMILES string of the molecule is CC(C)CC(=O)c1cccc(C(C)C)c1. The number of Topliss-reactive ketones (excluding diaryl/α,β-unsaturated/α-hetero) is 1. The van der Waals surface area contributed by atoms with E-state index in [0.29, 0.717) is 18.3 Å². The lowest BCUT2D eigenvalue weighted by atomic mass is 9.96. The summed E-state index contributed by atoms with van der Waals surface area (Å²) in [6.07, 6.45) is 0.640. The minimum atomic E-state index is 0.257. The van der Waals surface area contributed by atoms with Gasteiger partial charge in [-0.25, -0.2) is 0 Å². The molecular weight excluding hydrogens is 184 g/mol. The van der Waals surface area contributed by atoms with E-state index < -0.39 is 0 Å². The molecule has 0 atom stereocenters. The average molecular weight is 204 g/mol. The second kappa shape index (κ2) is 5.11. The fourth-order valence-electron chi connectivity index (χ4n) is 1.56. The Kier molecular flexibility index (Phi) is 4.07. The summed E-state index contributed by atoms with van der Waals surface area (Å²) in [4.78, 5) is 11.8. The van der Waals surface area contributed by atoms with Crippen molar-refractivity contribution in [1.82, 2.24) is 0 Å². The molecule has 0 aliphatic carbocycles. The van der Waals surface area contributed by atoms with Crippen LogP contribution in [0.3, 0.4) is 0 Å². The zero-order valence-corrected chi connectivity index (χ0v) is 10.1. The molecule has 1 aromatic carbocycles. The second-order valence-electron chi connectivity index (χ2n) is 4.80. The fraction of sp³-hybridized carbons (Fsp3) is 0.500. The summed E-state index contributed by atoms with van der Waals surface area (Å²) in [5.74, 6) is 1.17. The number of benzene rings is 1. The second-order valence-corrected chi connectivity index (χ2v) is 4.80. The van der Waals surface area contributed by atoms with Crippen LogP contribution in [0.15, 0.2) is 24.3 Å². The molecule has 0 N–H and O–H groups in total. The van der Waals surface area contributed by atoms with Crippen molar-refractivity contribution in [2.45, 2.75) is 40.0 Å². The summed E-state index contributed by atoms with van der Waals surface area (Å²) >= 11 is 0. The first-order chi connectivity index (χ1) is 7.00. The molecule has 0 saturated heterocycles. The third-order valence-corrected chi connectivity index (χ3v) is 2.47. The van der Waals surface area contributed by atoms with Gasteiger partial charge in [0.15, 0.2) is 5.78 Å². The molecule has 0 bridgehead atoms. The van der Waals surface area contributed by atoms with Crippen LogP contribution in [0.1, 0.15) is 56.0 Å². The third-order valence-electron chi connectivity index (χ3n) is 2.47. The molecule has 0 aromatic heterocycles. The topological polar surface area (TPSA) is 17.1 Å². The highest BCUT2D eigenvalue weighted by Gasteiger charge is 2.09. The maximum atomic E-state index is 11.8. The minimum absolute atomic E-state index is 0.257. The van der Waals surface area contributed by atoms with E-state index in [0.717, 1.165) is 5.56 Å². The molecule has 82 valence electrons. The predicted molar refractivity (Wildman–Crippen MR) is 64.3 cm³/mol. The van der Waals surface area contributed by atoms with Gasteiger partial charge in [0.05, 0.1) is 0 Å². The molecule has 0 aliphatic heterocycles. The van der Waals surface area contributed by atoms with Crippen LogP contribution >= 0.6 is 0 Å². The summed E-state index contributed by atoms with van der Waals surface area (Å²) in [7, 11) is 0. The van der Waals surface area contributed by atoms with Gasteiger partial charge in [-0.3, -0.25) is 4.79 Å². The van der Waals surface area contributed by atoms with Gasteiger partial charge in [0.1, 0.15) is 0 Å². The Morgan fingerprint density at radius 1 is 1.20 bits per heavy atom. The van der Waals surface area contributed by atoms with Gasteiger partial charge < -0.3 is 0 Å². The number of carbonyl (C=O) groups excluding carboxylic acids is 1. The summed E-state index contributed by atoms with van der Waals surface area (Å²) < 4.78 is 0. The lowest BCUT2D eigenvalue weighted by Crippen LogP contribution is -2.04. The first-order valence-corrected chi connectivity index (χ1v) is 5.64. The molecule has 0 fully saturated rings. The minimum Gasteiger partial charge on any atom is -0.294 e. The van der Waals surface area contributed by atoms with Crippen molar-refractivity contribution in [1.29, 1.82) is 0 Å². The molecule has 0 radical (unpaired) electrons. The van der Waals surface area contributed by atoms with Gasteiger partial charge >= 0.3 is 0 Å². The molecule has 1 rings (SSSR count). The van der Waals surface area contributed by atoms with E-state index in [1.807, 2.05) is 18.2 Å². The van der Waals surface area contributed by atoms with Crippen molar-refractivity contribution >= 4 is 5.78 Å². The van der Waals surface area contributed by atoms with Gasteiger partial charge in [-0.05, 0) is 23.5 Å². The van der Waals surface area contributed by atoms with Crippen molar-refractivity contribution in [3.63, 3.8) is 0 Å². The van der Waals surface area contributed by atoms with Crippen molar-refractivity contribution in [3.05, 3.63) is 35.4 Å². The molecule has 0 saturated carbocycles. The van der Waals surface area contributed by atoms with Crippen LogP contribution in [0.25, 0.3) is 0 Å².